The first-order valence-electron chi connectivity index (χ1n) is 4.78. The van der Waals surface area contributed by atoms with Crippen molar-refractivity contribution in [1.82, 2.24) is 0 Å². The molecule has 0 N–H and O–H groups in total. The molecule has 1 aliphatic rings. The van der Waals surface area contributed by atoms with Crippen LogP contribution in [0, 0.1) is 0 Å². The van der Waals surface area contributed by atoms with Crippen molar-refractivity contribution < 1.29 is 0 Å². The normalized spacial score (nSPS) is 25.2. The molecule has 1 rings (SSSR count). The second-order valence-electron chi connectivity index (χ2n) is 2.89. The van der Waals surface area contributed by atoms with Gasteiger partial charge >= 0.3 is 0 Å². The van der Waals surface area contributed by atoms with Crippen molar-refractivity contribution in [3.63, 3.8) is 0 Å². The van der Waals surface area contributed by atoms with Crippen LogP contribution in [0.1, 0.15) is 19.3 Å². The summed E-state index contributed by atoms with van der Waals surface area (Å²) in [4.78, 5) is 0. The number of rotatable bonds is 0. The van der Waals surface area contributed by atoms with Gasteiger partial charge in [0.25, 0.3) is 0 Å². The van der Waals surface area contributed by atoms with Crippen molar-refractivity contribution in [3.05, 3.63) is 60.8 Å². The summed E-state index contributed by atoms with van der Waals surface area (Å²) < 4.78 is 0. The molecule has 0 atom stereocenters. The van der Waals surface area contributed by atoms with Gasteiger partial charge in [-0.2, -0.15) is 0 Å². The van der Waals surface area contributed by atoms with Crippen molar-refractivity contribution in [1.29, 1.82) is 0 Å². The standard InChI is InChI=1S/C13H16/c1-2-4-6-8-10-12-13-11-9-7-5-3-1/h1-4,7-11,13H,5-6,12H2/b3-1+,4-2-,9-7?,10-8-,13-11?. The summed E-state index contributed by atoms with van der Waals surface area (Å²) in [5.41, 5.74) is 0. The van der Waals surface area contributed by atoms with Crippen molar-refractivity contribution in [2.75, 3.05) is 0 Å². The average Bonchev–Trinajstić information content (AvgIpc) is 2.18. The lowest BCUT2D eigenvalue weighted by molar-refractivity contribution is 1.31. The van der Waals surface area contributed by atoms with E-state index in [4.69, 9.17) is 0 Å². The average molecular weight is 172 g/mol. The molecule has 0 aliphatic heterocycles. The third kappa shape index (κ3) is 5.92. The molecule has 0 heterocycles. The zero-order valence-corrected chi connectivity index (χ0v) is 7.89. The molecular weight excluding hydrogens is 156 g/mol. The Balaban J connectivity index is 2.49. The van der Waals surface area contributed by atoms with E-state index in [1.54, 1.807) is 0 Å². The molecule has 0 aromatic heterocycles. The maximum absolute atomic E-state index is 2.19. The van der Waals surface area contributed by atoms with Gasteiger partial charge in [0, 0.05) is 0 Å². The molecule has 0 aromatic rings. The van der Waals surface area contributed by atoms with E-state index in [0.29, 0.717) is 0 Å². The molecule has 0 saturated carbocycles. The second kappa shape index (κ2) is 7.35. The molecule has 13 heavy (non-hydrogen) atoms. The molecule has 68 valence electrons. The summed E-state index contributed by atoms with van der Waals surface area (Å²) in [5.74, 6) is 0. The molecule has 0 nitrogen and oxygen atoms in total. The first-order chi connectivity index (χ1) is 6.50. The maximum Gasteiger partial charge on any atom is -0.0163 e. The van der Waals surface area contributed by atoms with Gasteiger partial charge in [0.2, 0.25) is 0 Å². The van der Waals surface area contributed by atoms with Gasteiger partial charge in [-0.05, 0) is 19.3 Å². The molecule has 0 bridgehead atoms. The van der Waals surface area contributed by atoms with E-state index >= 15 is 0 Å². The Morgan fingerprint density at radius 1 is 0.385 bits per heavy atom. The van der Waals surface area contributed by atoms with Crippen LogP contribution in [0.25, 0.3) is 0 Å². The van der Waals surface area contributed by atoms with E-state index in [9.17, 15) is 0 Å². The quantitative estimate of drug-likeness (QED) is 0.485. The fraction of sp³-hybridized carbons (Fsp3) is 0.231. The van der Waals surface area contributed by atoms with Crippen molar-refractivity contribution >= 4 is 0 Å². The van der Waals surface area contributed by atoms with Gasteiger partial charge in [-0.15, -0.1) is 0 Å². The maximum atomic E-state index is 2.19. The fourth-order valence-corrected chi connectivity index (χ4v) is 1.06. The van der Waals surface area contributed by atoms with Crippen LogP contribution in [0.4, 0.5) is 0 Å². The van der Waals surface area contributed by atoms with Crippen molar-refractivity contribution in [2.45, 2.75) is 19.3 Å². The lowest BCUT2D eigenvalue weighted by Crippen LogP contribution is -1.59. The predicted octanol–water partition coefficient (Wildman–Crippen LogP) is 3.95. The van der Waals surface area contributed by atoms with Crippen molar-refractivity contribution in [2.24, 2.45) is 0 Å². The molecule has 0 amide bonds. The SMILES string of the molecule is C1=CC/C=C\C/C=C\C=C\CC=C1. The van der Waals surface area contributed by atoms with Crippen LogP contribution in [-0.2, 0) is 0 Å². The smallest absolute Gasteiger partial charge is 0.0163 e. The molecule has 0 radical (unpaired) electrons. The van der Waals surface area contributed by atoms with Crippen LogP contribution in [0.15, 0.2) is 60.8 Å². The Morgan fingerprint density at radius 3 is 1.08 bits per heavy atom. The Kier molecular flexibility index (Phi) is 5.54. The summed E-state index contributed by atoms with van der Waals surface area (Å²) in [6, 6.07) is 0. The zero-order chi connectivity index (χ0) is 9.19. The van der Waals surface area contributed by atoms with Crippen LogP contribution in [0.5, 0.6) is 0 Å². The van der Waals surface area contributed by atoms with Gasteiger partial charge in [-0.25, -0.2) is 0 Å². The van der Waals surface area contributed by atoms with E-state index in [-0.39, 0.29) is 0 Å². The Morgan fingerprint density at radius 2 is 0.692 bits per heavy atom. The highest BCUT2D eigenvalue weighted by Gasteiger charge is 1.74. The zero-order valence-electron chi connectivity index (χ0n) is 7.89. The topological polar surface area (TPSA) is 0 Å². The summed E-state index contributed by atoms with van der Waals surface area (Å²) in [6.45, 7) is 0. The van der Waals surface area contributed by atoms with Gasteiger partial charge in [0.1, 0.15) is 0 Å². The minimum atomic E-state index is 1.02. The number of allylic oxidation sites excluding steroid dienone is 10. The minimum absolute atomic E-state index is 1.02. The van der Waals surface area contributed by atoms with Gasteiger partial charge < -0.3 is 0 Å². The molecule has 0 heteroatoms. The first kappa shape index (κ1) is 9.79. The highest BCUT2D eigenvalue weighted by Crippen LogP contribution is 1.95. The summed E-state index contributed by atoms with van der Waals surface area (Å²) >= 11 is 0. The molecule has 0 spiro atoms. The minimum Gasteiger partial charge on any atom is -0.0844 e. The molecular formula is C13H16. The van der Waals surface area contributed by atoms with Gasteiger partial charge in [-0.1, -0.05) is 60.8 Å². The van der Waals surface area contributed by atoms with Crippen LogP contribution >= 0.6 is 0 Å². The monoisotopic (exact) mass is 172 g/mol. The number of hydrogen-bond donors (Lipinski definition) is 0. The van der Waals surface area contributed by atoms with Crippen LogP contribution in [0.2, 0.25) is 0 Å². The van der Waals surface area contributed by atoms with E-state index in [2.05, 4.69) is 60.8 Å². The molecule has 0 saturated heterocycles. The van der Waals surface area contributed by atoms with E-state index in [1.807, 2.05) is 0 Å². The van der Waals surface area contributed by atoms with Gasteiger partial charge in [0.15, 0.2) is 0 Å². The van der Waals surface area contributed by atoms with Crippen LogP contribution in [0.3, 0.4) is 0 Å². The van der Waals surface area contributed by atoms with Gasteiger partial charge in [0.05, 0.1) is 0 Å². The second-order valence-corrected chi connectivity index (χ2v) is 2.89. The Bertz CT molecular complexity index is 223. The third-order valence-corrected chi connectivity index (χ3v) is 1.75. The Hall–Kier alpha value is -1.30. The highest BCUT2D eigenvalue weighted by atomic mass is 13.8. The van der Waals surface area contributed by atoms with E-state index in [1.165, 1.54) is 0 Å². The lowest BCUT2D eigenvalue weighted by Gasteiger charge is -1.80. The summed E-state index contributed by atoms with van der Waals surface area (Å²) in [6.07, 6.45) is 24.5. The summed E-state index contributed by atoms with van der Waals surface area (Å²) in [5, 5.41) is 0. The van der Waals surface area contributed by atoms with Crippen LogP contribution < -0.4 is 0 Å². The molecule has 1 aliphatic carbocycles. The largest absolute Gasteiger partial charge is 0.0844 e. The van der Waals surface area contributed by atoms with Crippen molar-refractivity contribution in [3.8, 4) is 0 Å². The molecule has 0 aromatic carbocycles. The summed E-state index contributed by atoms with van der Waals surface area (Å²) in [7, 11) is 0. The highest BCUT2D eigenvalue weighted by molar-refractivity contribution is 5.11. The third-order valence-electron chi connectivity index (χ3n) is 1.75. The Labute approximate surface area is 80.7 Å². The molecule has 0 unspecified atom stereocenters. The first-order valence-corrected chi connectivity index (χ1v) is 4.78. The number of hydrogen-bond acceptors (Lipinski definition) is 0. The predicted molar refractivity (Wildman–Crippen MR) is 59.6 cm³/mol. The van der Waals surface area contributed by atoms with E-state index < -0.39 is 0 Å². The lowest BCUT2D eigenvalue weighted by atomic mass is 10.3. The van der Waals surface area contributed by atoms with E-state index in [0.717, 1.165) is 19.3 Å². The molecule has 0 fully saturated rings. The fourth-order valence-electron chi connectivity index (χ4n) is 1.06. The van der Waals surface area contributed by atoms with Gasteiger partial charge in [-0.3, -0.25) is 0 Å². The van der Waals surface area contributed by atoms with Crippen LogP contribution in [-0.4, -0.2) is 0 Å².